The maximum Gasteiger partial charge on any atom is 0.303 e. The number of piperidine rings is 1. The van der Waals surface area contributed by atoms with Gasteiger partial charge >= 0.3 is 5.97 Å². The first-order valence-corrected chi connectivity index (χ1v) is 7.82. The van der Waals surface area contributed by atoms with Gasteiger partial charge in [-0.25, -0.2) is 0 Å². The number of benzene rings is 1. The van der Waals surface area contributed by atoms with Crippen LogP contribution in [0.4, 0.5) is 5.69 Å². The number of carboxylic acids is 1. The number of rotatable bonds is 7. The summed E-state index contributed by atoms with van der Waals surface area (Å²) in [6, 6.07) is 5.69. The number of likely N-dealkylation sites (tertiary alicyclic amines) is 1. The Morgan fingerprint density at radius 3 is 2.92 bits per heavy atom. The lowest BCUT2D eigenvalue weighted by molar-refractivity contribution is -0.384. The molecular weight excluding hydrogens is 316 g/mol. The first-order chi connectivity index (χ1) is 11.5. The van der Waals surface area contributed by atoms with Gasteiger partial charge in [-0.15, -0.1) is 0 Å². The standard InChI is InChI=1S/C16H20N2O6/c19-15(11-24-14-5-1-4-13(9-14)18(22)23)17-8-2-3-12(10-17)6-7-16(20)21/h1,4-5,9,12H,2-3,6-8,10-11H2,(H,20,21). The van der Waals surface area contributed by atoms with Crippen LogP contribution in [0.25, 0.3) is 0 Å². The number of hydrogen-bond acceptors (Lipinski definition) is 5. The molecule has 0 bridgehead atoms. The molecule has 1 aromatic carbocycles. The summed E-state index contributed by atoms with van der Waals surface area (Å²) in [5.74, 6) is -0.553. The second-order valence-corrected chi connectivity index (χ2v) is 5.82. The minimum absolute atomic E-state index is 0.0911. The van der Waals surface area contributed by atoms with Gasteiger partial charge in [0.1, 0.15) is 5.75 Å². The first-order valence-electron chi connectivity index (χ1n) is 7.82. The van der Waals surface area contributed by atoms with Crippen LogP contribution in [0.3, 0.4) is 0 Å². The number of hydrogen-bond donors (Lipinski definition) is 1. The molecule has 24 heavy (non-hydrogen) atoms. The van der Waals surface area contributed by atoms with Gasteiger partial charge in [0, 0.05) is 25.6 Å². The number of carbonyl (C=O) groups is 2. The summed E-state index contributed by atoms with van der Waals surface area (Å²) < 4.78 is 5.36. The van der Waals surface area contributed by atoms with E-state index >= 15 is 0 Å². The molecule has 1 aliphatic heterocycles. The van der Waals surface area contributed by atoms with E-state index in [4.69, 9.17) is 9.84 Å². The van der Waals surface area contributed by atoms with Crippen LogP contribution in [-0.2, 0) is 9.59 Å². The monoisotopic (exact) mass is 336 g/mol. The van der Waals surface area contributed by atoms with Crippen LogP contribution in [0.2, 0.25) is 0 Å². The number of nitro groups is 1. The summed E-state index contributed by atoms with van der Waals surface area (Å²) in [7, 11) is 0. The van der Waals surface area contributed by atoms with Crippen molar-refractivity contribution < 1.29 is 24.4 Å². The summed E-state index contributed by atoms with van der Waals surface area (Å²) in [6.45, 7) is 0.970. The van der Waals surface area contributed by atoms with Gasteiger partial charge in [0.2, 0.25) is 0 Å². The Balaban J connectivity index is 1.84. The predicted molar refractivity (Wildman–Crippen MR) is 84.8 cm³/mol. The Hall–Kier alpha value is -2.64. The van der Waals surface area contributed by atoms with Crippen molar-refractivity contribution in [2.45, 2.75) is 25.7 Å². The number of nitro benzene ring substituents is 1. The van der Waals surface area contributed by atoms with Crippen LogP contribution in [0.15, 0.2) is 24.3 Å². The molecule has 0 spiro atoms. The minimum Gasteiger partial charge on any atom is -0.484 e. The number of aliphatic carboxylic acids is 1. The highest BCUT2D eigenvalue weighted by molar-refractivity contribution is 5.78. The van der Waals surface area contributed by atoms with Crippen LogP contribution in [0.5, 0.6) is 5.75 Å². The van der Waals surface area contributed by atoms with Crippen molar-refractivity contribution in [1.82, 2.24) is 4.90 Å². The maximum atomic E-state index is 12.2. The van der Waals surface area contributed by atoms with E-state index in [9.17, 15) is 19.7 Å². The average molecular weight is 336 g/mol. The summed E-state index contributed by atoms with van der Waals surface area (Å²) >= 11 is 0. The molecule has 8 nitrogen and oxygen atoms in total. The molecule has 1 heterocycles. The number of carbonyl (C=O) groups excluding carboxylic acids is 1. The van der Waals surface area contributed by atoms with Gasteiger partial charge < -0.3 is 14.7 Å². The third kappa shape index (κ3) is 5.22. The Bertz CT molecular complexity index is 618. The van der Waals surface area contributed by atoms with Crippen LogP contribution in [0, 0.1) is 16.0 Å². The Morgan fingerprint density at radius 2 is 2.21 bits per heavy atom. The first kappa shape index (κ1) is 17.7. The minimum atomic E-state index is -0.826. The van der Waals surface area contributed by atoms with Crippen molar-refractivity contribution in [3.05, 3.63) is 34.4 Å². The molecule has 8 heteroatoms. The second kappa shape index (κ2) is 8.28. The zero-order valence-corrected chi connectivity index (χ0v) is 13.2. The third-order valence-corrected chi connectivity index (χ3v) is 4.03. The van der Waals surface area contributed by atoms with Crippen molar-refractivity contribution in [1.29, 1.82) is 0 Å². The topological polar surface area (TPSA) is 110 Å². The SMILES string of the molecule is O=C(O)CCC1CCCN(C(=O)COc2cccc([N+](=O)[O-])c2)C1. The number of carboxylic acid groups (broad SMARTS) is 1. The molecule has 130 valence electrons. The number of non-ortho nitro benzene ring substituents is 1. The van der Waals surface area contributed by atoms with E-state index < -0.39 is 10.9 Å². The Morgan fingerprint density at radius 1 is 1.42 bits per heavy atom. The fourth-order valence-corrected chi connectivity index (χ4v) is 2.78. The van der Waals surface area contributed by atoms with Gasteiger partial charge in [-0.3, -0.25) is 19.7 Å². The zero-order chi connectivity index (χ0) is 17.5. The lowest BCUT2D eigenvalue weighted by atomic mass is 9.93. The quantitative estimate of drug-likeness (QED) is 0.603. The van der Waals surface area contributed by atoms with Gasteiger partial charge in [-0.2, -0.15) is 0 Å². The van der Waals surface area contributed by atoms with E-state index in [1.54, 1.807) is 11.0 Å². The summed E-state index contributed by atoms with van der Waals surface area (Å²) in [4.78, 5) is 34.7. The number of amides is 1. The van der Waals surface area contributed by atoms with Crippen LogP contribution in [-0.4, -0.2) is 46.5 Å². The second-order valence-electron chi connectivity index (χ2n) is 5.82. The molecule has 2 rings (SSSR count). The van der Waals surface area contributed by atoms with Gasteiger partial charge in [0.05, 0.1) is 11.0 Å². The number of nitrogens with zero attached hydrogens (tertiary/aromatic N) is 2. The summed E-state index contributed by atoms with van der Waals surface area (Å²) in [6.07, 6.45) is 2.43. The third-order valence-electron chi connectivity index (χ3n) is 4.03. The molecule has 1 saturated heterocycles. The normalized spacial score (nSPS) is 17.3. The molecular formula is C16H20N2O6. The molecule has 0 aromatic heterocycles. The Labute approximate surface area is 139 Å². The van der Waals surface area contributed by atoms with Gasteiger partial charge in [0.25, 0.3) is 11.6 Å². The van der Waals surface area contributed by atoms with Gasteiger partial charge in [-0.05, 0) is 31.2 Å². The molecule has 1 fully saturated rings. The molecule has 0 saturated carbocycles. The van der Waals surface area contributed by atoms with E-state index in [0.717, 1.165) is 12.8 Å². The lowest BCUT2D eigenvalue weighted by Crippen LogP contribution is -2.42. The van der Waals surface area contributed by atoms with Crippen LogP contribution in [0.1, 0.15) is 25.7 Å². The smallest absolute Gasteiger partial charge is 0.303 e. The maximum absolute atomic E-state index is 12.2. The van der Waals surface area contributed by atoms with E-state index in [-0.39, 0.29) is 36.3 Å². The van der Waals surface area contributed by atoms with Gasteiger partial charge in [0.15, 0.2) is 6.61 Å². The highest BCUT2D eigenvalue weighted by Gasteiger charge is 2.24. The van der Waals surface area contributed by atoms with E-state index in [1.807, 2.05) is 0 Å². The number of ether oxygens (including phenoxy) is 1. The highest BCUT2D eigenvalue weighted by atomic mass is 16.6. The lowest BCUT2D eigenvalue weighted by Gasteiger charge is -2.32. The fraction of sp³-hybridized carbons (Fsp3) is 0.500. The van der Waals surface area contributed by atoms with E-state index in [1.165, 1.54) is 18.2 Å². The molecule has 1 atom stereocenters. The molecule has 1 N–H and O–H groups in total. The van der Waals surface area contributed by atoms with Crippen molar-refractivity contribution in [2.75, 3.05) is 19.7 Å². The van der Waals surface area contributed by atoms with Gasteiger partial charge in [-0.1, -0.05) is 6.07 Å². The molecule has 1 aliphatic rings. The van der Waals surface area contributed by atoms with Crippen molar-refractivity contribution in [3.63, 3.8) is 0 Å². The molecule has 1 amide bonds. The highest BCUT2D eigenvalue weighted by Crippen LogP contribution is 2.22. The van der Waals surface area contributed by atoms with Crippen LogP contribution < -0.4 is 4.74 Å². The molecule has 0 aliphatic carbocycles. The molecule has 0 radical (unpaired) electrons. The predicted octanol–water partition coefficient (Wildman–Crippen LogP) is 2.08. The van der Waals surface area contributed by atoms with Crippen molar-refractivity contribution >= 4 is 17.6 Å². The zero-order valence-electron chi connectivity index (χ0n) is 13.2. The van der Waals surface area contributed by atoms with Crippen molar-refractivity contribution in [3.8, 4) is 5.75 Å². The van der Waals surface area contributed by atoms with Crippen molar-refractivity contribution in [2.24, 2.45) is 5.92 Å². The average Bonchev–Trinajstić information content (AvgIpc) is 2.58. The van der Waals surface area contributed by atoms with E-state index in [0.29, 0.717) is 19.5 Å². The van der Waals surface area contributed by atoms with E-state index in [2.05, 4.69) is 0 Å². The largest absolute Gasteiger partial charge is 0.484 e. The molecule has 1 unspecified atom stereocenters. The summed E-state index contributed by atoms with van der Waals surface area (Å²) in [5.41, 5.74) is -0.0911. The Kier molecular flexibility index (Phi) is 6.11. The fourth-order valence-electron chi connectivity index (χ4n) is 2.78. The summed E-state index contributed by atoms with van der Waals surface area (Å²) in [5, 5.41) is 19.5. The molecule has 1 aromatic rings. The van der Waals surface area contributed by atoms with Crippen LogP contribution >= 0.6 is 0 Å².